The highest BCUT2D eigenvalue weighted by atomic mass is 16.3. The summed E-state index contributed by atoms with van der Waals surface area (Å²) >= 11 is 0. The summed E-state index contributed by atoms with van der Waals surface area (Å²) in [4.78, 5) is 0. The Bertz CT molecular complexity index is 7700. The topological polar surface area (TPSA) is 26.3 Å². The molecule has 0 saturated carbocycles. The maximum absolute atomic E-state index is 6.30. The predicted molar refractivity (Wildman–Crippen MR) is 490 cm³/mol. The summed E-state index contributed by atoms with van der Waals surface area (Å²) < 4.78 is 12.4. The summed E-state index contributed by atoms with van der Waals surface area (Å²) in [5.74, 6) is 0. The minimum atomic E-state index is -0.0233. The molecule has 23 aromatic rings. The van der Waals surface area contributed by atoms with Crippen LogP contribution in [-0.4, -0.2) is 0 Å². The molecular weight excluding hydrogens is 1390 g/mol. The molecule has 1 aliphatic rings. The van der Waals surface area contributed by atoms with Crippen LogP contribution in [0, 0.1) is 0 Å². The van der Waals surface area contributed by atoms with Gasteiger partial charge in [-0.2, -0.15) is 0 Å². The molecule has 0 spiro atoms. The fraction of sp³-hybridized carbons (Fsp3) is 0.0265. The number of rotatable bonds is 7. The van der Waals surface area contributed by atoms with E-state index in [0.717, 1.165) is 43.9 Å². The monoisotopic (exact) mass is 1460 g/mol. The van der Waals surface area contributed by atoms with Crippen molar-refractivity contribution >= 4 is 130 Å². The van der Waals surface area contributed by atoms with Crippen molar-refractivity contribution in [2.45, 2.75) is 19.3 Å². The van der Waals surface area contributed by atoms with Gasteiger partial charge < -0.3 is 8.83 Å². The van der Waals surface area contributed by atoms with Gasteiger partial charge in [-0.3, -0.25) is 0 Å². The van der Waals surface area contributed by atoms with Gasteiger partial charge in [0.05, 0.1) is 0 Å². The molecule has 21 aromatic carbocycles. The largest absolute Gasteiger partial charge is 0.456 e. The Morgan fingerprint density at radius 2 is 0.461 bits per heavy atom. The van der Waals surface area contributed by atoms with E-state index >= 15 is 0 Å². The summed E-state index contributed by atoms with van der Waals surface area (Å²) in [6.45, 7) is 4.71. The van der Waals surface area contributed by atoms with E-state index in [0.29, 0.717) is 0 Å². The summed E-state index contributed by atoms with van der Waals surface area (Å²) in [5, 5.41) is 24.8. The summed E-state index contributed by atoms with van der Waals surface area (Å²) in [5.41, 5.74) is 26.8. The number of hydrogen-bond acceptors (Lipinski definition) is 2. The van der Waals surface area contributed by atoms with E-state index in [4.69, 9.17) is 8.83 Å². The highest BCUT2D eigenvalue weighted by molar-refractivity contribution is 6.26. The molecule has 0 atom stereocenters. The second-order valence-electron chi connectivity index (χ2n) is 31.1. The molecule has 0 fully saturated rings. The van der Waals surface area contributed by atoms with E-state index in [1.165, 1.54) is 186 Å². The third-order valence-electron chi connectivity index (χ3n) is 24.3. The number of para-hydroxylation sites is 1. The molecule has 2 aromatic heterocycles. The van der Waals surface area contributed by atoms with Crippen LogP contribution in [-0.2, 0) is 5.41 Å². The van der Waals surface area contributed by atoms with Gasteiger partial charge in [0.1, 0.15) is 22.3 Å². The normalized spacial score (nSPS) is 12.3. The predicted octanol–water partition coefficient (Wildman–Crippen LogP) is 32.1. The first-order chi connectivity index (χ1) is 56.8. The van der Waals surface area contributed by atoms with Gasteiger partial charge in [-0.05, 0) is 247 Å². The molecule has 0 saturated heterocycles. The Balaban J connectivity index is 0.000000106. The van der Waals surface area contributed by atoms with E-state index in [2.05, 4.69) is 414 Å². The quantitative estimate of drug-likeness (QED) is 0.149. The lowest BCUT2D eigenvalue weighted by Gasteiger charge is -2.22. The van der Waals surface area contributed by atoms with Crippen LogP contribution in [0.4, 0.5) is 0 Å². The number of hydrogen-bond donors (Lipinski definition) is 0. The zero-order valence-corrected chi connectivity index (χ0v) is 63.6. The Kier molecular flexibility index (Phi) is 16.0. The maximum Gasteiger partial charge on any atom is 0.136 e. The summed E-state index contributed by atoms with van der Waals surface area (Å²) in [7, 11) is 0. The van der Waals surface area contributed by atoms with Gasteiger partial charge in [-0.25, -0.2) is 0 Å². The molecule has 0 N–H and O–H groups in total. The van der Waals surface area contributed by atoms with Crippen LogP contribution in [0.3, 0.4) is 0 Å². The van der Waals surface area contributed by atoms with Crippen LogP contribution in [0.5, 0.6) is 0 Å². The first-order valence-electron chi connectivity index (χ1n) is 39.8. The third kappa shape index (κ3) is 11.2. The van der Waals surface area contributed by atoms with Crippen LogP contribution < -0.4 is 0 Å². The van der Waals surface area contributed by atoms with Crippen molar-refractivity contribution in [2.24, 2.45) is 0 Å². The SMILES string of the molecule is CC1(C)c2ccccc2-c2ccc(-c3cccc(-c4c5ccccc5c(-c5ccc6ccccc6c5)c5ccccc45)c3)cc21.c1ccc(-c2c3ccccc3c(-c3ccc4oc5cc6ccccc6cc5c4c3)c3ccccc23)cc1.c1ccc(-c2c3ccccc3c(-c3ccc4oc5ccccc5c4c3)c3ccccc23)cc1. The first-order valence-corrected chi connectivity index (χ1v) is 39.8. The smallest absolute Gasteiger partial charge is 0.136 e. The molecule has 0 bridgehead atoms. The zero-order chi connectivity index (χ0) is 76.2. The van der Waals surface area contributed by atoms with Crippen molar-refractivity contribution in [3.05, 3.63) is 424 Å². The molecule has 0 radical (unpaired) electrons. The van der Waals surface area contributed by atoms with Gasteiger partial charge in [-0.15, -0.1) is 0 Å². The Hall–Kier alpha value is -14.7. The first kappa shape index (κ1) is 67.2. The van der Waals surface area contributed by atoms with E-state index < -0.39 is 0 Å². The van der Waals surface area contributed by atoms with Crippen molar-refractivity contribution < 1.29 is 8.83 Å². The molecule has 2 heterocycles. The Morgan fingerprint density at radius 1 is 0.157 bits per heavy atom. The standard InChI is InChI=1S/C45H32.C36H22O.C32H20O/c1-45(2)41-21-10-9-16-35(41)36-25-24-32(28-42(36)45)31-14-11-15-33(27-31)43-37-17-5-7-19-39(37)44(40-20-8-6-18-38(40)43)34-23-22-29-12-3-4-13-30(29)26-34;1-2-10-23(11-3-1)35-27-14-6-8-16-29(27)36(30-17-9-7-15-28(30)35)26-18-19-33-31(21-26)32-20-24-12-4-5-13-25(24)22-34(32)37-33;1-2-10-21(11-3-1)31-24-13-4-6-15-26(24)32(27-16-7-5-14-25(27)31)22-18-19-30-28(20-22)23-12-8-9-17-29(23)33-30/h3-28H,1-2H3;1-22H;1-20H. The van der Waals surface area contributed by atoms with E-state index in [1.54, 1.807) is 0 Å². The molecule has 24 rings (SSSR count). The Labute approximate surface area is 666 Å². The third-order valence-corrected chi connectivity index (χ3v) is 24.3. The van der Waals surface area contributed by atoms with Gasteiger partial charge in [0, 0.05) is 27.0 Å². The summed E-state index contributed by atoms with van der Waals surface area (Å²) in [6.07, 6.45) is 0. The average molecular weight is 1460 g/mol. The molecule has 2 nitrogen and oxygen atoms in total. The maximum atomic E-state index is 6.30. The fourth-order valence-corrected chi connectivity index (χ4v) is 19.0. The van der Waals surface area contributed by atoms with Gasteiger partial charge in [0.15, 0.2) is 0 Å². The second kappa shape index (κ2) is 27.4. The van der Waals surface area contributed by atoms with E-state index in [9.17, 15) is 0 Å². The molecule has 115 heavy (non-hydrogen) atoms. The molecular formula is C113H74O2. The van der Waals surface area contributed by atoms with Gasteiger partial charge in [0.25, 0.3) is 0 Å². The highest BCUT2D eigenvalue weighted by Crippen LogP contribution is 2.52. The molecule has 0 aliphatic heterocycles. The van der Waals surface area contributed by atoms with Gasteiger partial charge in [0.2, 0.25) is 0 Å². The number of fused-ring (bicyclic) bond motifs is 17. The zero-order valence-electron chi connectivity index (χ0n) is 63.6. The van der Waals surface area contributed by atoms with Crippen LogP contribution >= 0.6 is 0 Å². The fourth-order valence-electron chi connectivity index (χ4n) is 19.0. The van der Waals surface area contributed by atoms with Crippen LogP contribution in [0.25, 0.3) is 219 Å². The average Bonchev–Trinajstić information content (AvgIpc) is 1.73. The molecule has 0 amide bonds. The van der Waals surface area contributed by atoms with Crippen molar-refractivity contribution in [1.82, 2.24) is 0 Å². The van der Waals surface area contributed by atoms with Crippen LogP contribution in [0.15, 0.2) is 421 Å². The molecule has 0 unspecified atom stereocenters. The lowest BCUT2D eigenvalue weighted by Crippen LogP contribution is -2.14. The van der Waals surface area contributed by atoms with Crippen molar-refractivity contribution in [3.63, 3.8) is 0 Å². The minimum Gasteiger partial charge on any atom is -0.456 e. The van der Waals surface area contributed by atoms with E-state index in [-0.39, 0.29) is 5.41 Å². The lowest BCUT2D eigenvalue weighted by atomic mass is 9.81. The van der Waals surface area contributed by atoms with Crippen LogP contribution in [0.2, 0.25) is 0 Å². The van der Waals surface area contributed by atoms with Crippen molar-refractivity contribution in [2.75, 3.05) is 0 Å². The number of benzene rings is 21. The second-order valence-corrected chi connectivity index (χ2v) is 31.1. The van der Waals surface area contributed by atoms with Gasteiger partial charge in [-0.1, -0.05) is 366 Å². The minimum absolute atomic E-state index is 0.0233. The Morgan fingerprint density at radius 3 is 0.957 bits per heavy atom. The molecule has 538 valence electrons. The van der Waals surface area contributed by atoms with E-state index in [1.807, 2.05) is 12.1 Å². The molecule has 2 heteroatoms. The number of furan rings is 2. The molecule has 1 aliphatic carbocycles. The van der Waals surface area contributed by atoms with Crippen LogP contribution in [0.1, 0.15) is 25.0 Å². The highest BCUT2D eigenvalue weighted by Gasteiger charge is 2.35. The lowest BCUT2D eigenvalue weighted by molar-refractivity contribution is 0.660. The van der Waals surface area contributed by atoms with Gasteiger partial charge >= 0.3 is 0 Å². The van der Waals surface area contributed by atoms with Crippen molar-refractivity contribution in [1.29, 1.82) is 0 Å². The summed E-state index contributed by atoms with van der Waals surface area (Å²) in [6, 6.07) is 149. The van der Waals surface area contributed by atoms with Crippen molar-refractivity contribution in [3.8, 4) is 89.0 Å².